The van der Waals surface area contributed by atoms with Crippen LogP contribution >= 0.6 is 0 Å². The number of ether oxygens (including phenoxy) is 1. The standard InChI is InChI=1S/C9H16F2N2O/c10-9(11,4-12)7-13-5-8(6-13)2-1-3-14-8/h1-7,12H2. The summed E-state index contributed by atoms with van der Waals surface area (Å²) in [4.78, 5) is 1.72. The first-order valence-corrected chi connectivity index (χ1v) is 5.00. The number of halogens is 2. The minimum absolute atomic E-state index is 0.0926. The third-order valence-corrected chi connectivity index (χ3v) is 2.96. The van der Waals surface area contributed by atoms with Crippen molar-refractivity contribution in [1.82, 2.24) is 4.90 Å². The fourth-order valence-electron chi connectivity index (χ4n) is 2.28. The van der Waals surface area contributed by atoms with E-state index in [1.165, 1.54) is 0 Å². The highest BCUT2D eigenvalue weighted by molar-refractivity contribution is 5.00. The van der Waals surface area contributed by atoms with Crippen LogP contribution < -0.4 is 5.73 Å². The van der Waals surface area contributed by atoms with Crippen molar-refractivity contribution in [1.29, 1.82) is 0 Å². The van der Waals surface area contributed by atoms with Gasteiger partial charge in [-0.2, -0.15) is 0 Å². The van der Waals surface area contributed by atoms with Crippen molar-refractivity contribution in [3.05, 3.63) is 0 Å². The molecule has 14 heavy (non-hydrogen) atoms. The number of hydrogen-bond acceptors (Lipinski definition) is 3. The van der Waals surface area contributed by atoms with Crippen molar-refractivity contribution in [2.45, 2.75) is 24.4 Å². The van der Waals surface area contributed by atoms with E-state index in [1.54, 1.807) is 4.90 Å². The molecule has 3 nitrogen and oxygen atoms in total. The van der Waals surface area contributed by atoms with Gasteiger partial charge in [-0.25, -0.2) is 8.78 Å². The Kier molecular flexibility index (Phi) is 2.49. The number of nitrogens with two attached hydrogens (primary N) is 1. The van der Waals surface area contributed by atoms with Gasteiger partial charge in [-0.3, -0.25) is 4.90 Å². The van der Waals surface area contributed by atoms with E-state index < -0.39 is 12.5 Å². The number of nitrogens with zero attached hydrogens (tertiary/aromatic N) is 1. The van der Waals surface area contributed by atoms with E-state index >= 15 is 0 Å². The molecule has 0 radical (unpaired) electrons. The van der Waals surface area contributed by atoms with Crippen LogP contribution in [0.3, 0.4) is 0 Å². The summed E-state index contributed by atoms with van der Waals surface area (Å²) in [6, 6.07) is 0. The van der Waals surface area contributed by atoms with Crippen LogP contribution in [0, 0.1) is 0 Å². The largest absolute Gasteiger partial charge is 0.372 e. The summed E-state index contributed by atoms with van der Waals surface area (Å²) >= 11 is 0. The fraction of sp³-hybridized carbons (Fsp3) is 1.00. The summed E-state index contributed by atoms with van der Waals surface area (Å²) in [6.07, 6.45) is 2.07. The van der Waals surface area contributed by atoms with Gasteiger partial charge in [0.15, 0.2) is 0 Å². The van der Waals surface area contributed by atoms with Crippen LogP contribution in [0.15, 0.2) is 0 Å². The van der Waals surface area contributed by atoms with E-state index in [4.69, 9.17) is 10.5 Å². The molecule has 2 aliphatic heterocycles. The van der Waals surface area contributed by atoms with E-state index in [-0.39, 0.29) is 12.1 Å². The van der Waals surface area contributed by atoms with Gasteiger partial charge in [0.05, 0.1) is 18.7 Å². The van der Waals surface area contributed by atoms with Gasteiger partial charge in [0.25, 0.3) is 5.92 Å². The van der Waals surface area contributed by atoms with Crippen molar-refractivity contribution >= 4 is 0 Å². The molecule has 2 fully saturated rings. The quantitative estimate of drug-likeness (QED) is 0.728. The molecule has 2 N–H and O–H groups in total. The van der Waals surface area contributed by atoms with Crippen molar-refractivity contribution in [2.24, 2.45) is 5.73 Å². The van der Waals surface area contributed by atoms with Gasteiger partial charge in [-0.1, -0.05) is 0 Å². The zero-order valence-corrected chi connectivity index (χ0v) is 8.14. The van der Waals surface area contributed by atoms with Crippen LogP contribution in [0.5, 0.6) is 0 Å². The first kappa shape index (κ1) is 10.3. The van der Waals surface area contributed by atoms with Crippen LogP contribution in [0.2, 0.25) is 0 Å². The number of likely N-dealkylation sites (tertiary alicyclic amines) is 1. The number of alkyl halides is 2. The Morgan fingerprint density at radius 3 is 2.64 bits per heavy atom. The van der Waals surface area contributed by atoms with E-state index in [0.717, 1.165) is 19.4 Å². The van der Waals surface area contributed by atoms with E-state index in [9.17, 15) is 8.78 Å². The maximum absolute atomic E-state index is 12.9. The number of hydrogen-bond donors (Lipinski definition) is 1. The van der Waals surface area contributed by atoms with E-state index in [2.05, 4.69) is 0 Å². The van der Waals surface area contributed by atoms with Gasteiger partial charge in [-0.15, -0.1) is 0 Å². The molecular weight excluding hydrogens is 190 g/mol. The molecule has 0 aromatic rings. The molecule has 82 valence electrons. The average molecular weight is 206 g/mol. The molecule has 2 saturated heterocycles. The second-order valence-electron chi connectivity index (χ2n) is 4.34. The van der Waals surface area contributed by atoms with Crippen molar-refractivity contribution < 1.29 is 13.5 Å². The van der Waals surface area contributed by atoms with Gasteiger partial charge >= 0.3 is 0 Å². The third-order valence-electron chi connectivity index (χ3n) is 2.96. The molecule has 1 spiro atoms. The molecule has 0 atom stereocenters. The van der Waals surface area contributed by atoms with Gasteiger partial charge in [0.2, 0.25) is 0 Å². The lowest BCUT2D eigenvalue weighted by Gasteiger charge is -2.48. The molecule has 0 aliphatic carbocycles. The Bertz CT molecular complexity index is 209. The SMILES string of the molecule is NCC(F)(F)CN1CC2(CCCO2)C1. The zero-order valence-electron chi connectivity index (χ0n) is 8.14. The van der Waals surface area contributed by atoms with Gasteiger partial charge in [0.1, 0.15) is 0 Å². The van der Waals surface area contributed by atoms with Crippen LogP contribution in [0.4, 0.5) is 8.78 Å². The van der Waals surface area contributed by atoms with Gasteiger partial charge in [0, 0.05) is 19.7 Å². The summed E-state index contributed by atoms with van der Waals surface area (Å²) < 4.78 is 31.3. The minimum Gasteiger partial charge on any atom is -0.372 e. The molecule has 0 amide bonds. The predicted octanol–water partition coefficient (Wildman–Crippen LogP) is 0.445. The van der Waals surface area contributed by atoms with Crippen molar-refractivity contribution in [2.75, 3.05) is 32.8 Å². The minimum atomic E-state index is -2.75. The first-order valence-electron chi connectivity index (χ1n) is 5.00. The van der Waals surface area contributed by atoms with Crippen molar-refractivity contribution in [3.63, 3.8) is 0 Å². The second-order valence-corrected chi connectivity index (χ2v) is 4.34. The highest BCUT2D eigenvalue weighted by Gasteiger charge is 2.48. The van der Waals surface area contributed by atoms with Crippen LogP contribution in [-0.4, -0.2) is 49.2 Å². The van der Waals surface area contributed by atoms with Gasteiger partial charge < -0.3 is 10.5 Å². The summed E-state index contributed by atoms with van der Waals surface area (Å²) in [5.74, 6) is -2.75. The van der Waals surface area contributed by atoms with E-state index in [0.29, 0.717) is 13.1 Å². The maximum Gasteiger partial charge on any atom is 0.272 e. The van der Waals surface area contributed by atoms with Gasteiger partial charge in [-0.05, 0) is 12.8 Å². The molecule has 0 aromatic carbocycles. The maximum atomic E-state index is 12.9. The Morgan fingerprint density at radius 2 is 2.14 bits per heavy atom. The Morgan fingerprint density at radius 1 is 1.43 bits per heavy atom. The lowest BCUT2D eigenvalue weighted by atomic mass is 9.90. The van der Waals surface area contributed by atoms with Crippen LogP contribution in [0.25, 0.3) is 0 Å². The normalized spacial score (nSPS) is 26.8. The summed E-state index contributed by atoms with van der Waals surface area (Å²) in [5, 5.41) is 0. The fourth-order valence-corrected chi connectivity index (χ4v) is 2.28. The summed E-state index contributed by atoms with van der Waals surface area (Å²) in [6.45, 7) is 1.26. The summed E-state index contributed by atoms with van der Waals surface area (Å²) in [7, 11) is 0. The molecular formula is C9H16F2N2O. The average Bonchev–Trinajstić information content (AvgIpc) is 2.52. The molecule has 2 heterocycles. The lowest BCUT2D eigenvalue weighted by molar-refractivity contribution is -0.140. The molecule has 2 aliphatic rings. The highest BCUT2D eigenvalue weighted by atomic mass is 19.3. The molecule has 2 rings (SSSR count). The predicted molar refractivity (Wildman–Crippen MR) is 48.4 cm³/mol. The van der Waals surface area contributed by atoms with Crippen molar-refractivity contribution in [3.8, 4) is 0 Å². The summed E-state index contributed by atoms with van der Waals surface area (Å²) in [5.41, 5.74) is 4.88. The smallest absolute Gasteiger partial charge is 0.272 e. The number of rotatable bonds is 3. The lowest BCUT2D eigenvalue weighted by Crippen LogP contribution is -2.63. The first-order chi connectivity index (χ1) is 6.55. The topological polar surface area (TPSA) is 38.5 Å². The Labute approximate surface area is 82.2 Å². The molecule has 0 saturated carbocycles. The van der Waals surface area contributed by atoms with Crippen LogP contribution in [-0.2, 0) is 4.74 Å². The zero-order chi connectivity index (χ0) is 10.2. The molecule has 0 aromatic heterocycles. The molecule has 5 heteroatoms. The Balaban J connectivity index is 1.77. The van der Waals surface area contributed by atoms with E-state index in [1.807, 2.05) is 0 Å². The molecule has 0 unspecified atom stereocenters. The monoisotopic (exact) mass is 206 g/mol. The molecule has 0 bridgehead atoms. The highest BCUT2D eigenvalue weighted by Crippen LogP contribution is 2.35. The van der Waals surface area contributed by atoms with Crippen LogP contribution in [0.1, 0.15) is 12.8 Å². The second kappa shape index (κ2) is 3.40. The Hall–Kier alpha value is -0.260. The third kappa shape index (κ3) is 1.89.